The van der Waals surface area contributed by atoms with Gasteiger partial charge in [-0.25, -0.2) is 9.59 Å². The van der Waals surface area contributed by atoms with Gasteiger partial charge in [-0.05, 0) is 19.3 Å². The predicted octanol–water partition coefficient (Wildman–Crippen LogP) is 2.05. The van der Waals surface area contributed by atoms with E-state index in [0.717, 1.165) is 19.3 Å². The van der Waals surface area contributed by atoms with Crippen LogP contribution in [-0.2, 0) is 19.1 Å². The summed E-state index contributed by atoms with van der Waals surface area (Å²) < 4.78 is 9.63. The van der Waals surface area contributed by atoms with E-state index in [2.05, 4.69) is 5.32 Å². The maximum Gasteiger partial charge on any atom is 0.411 e. The number of hydrogen-bond donors (Lipinski definition) is 2. The largest absolute Gasteiger partial charge is 0.480 e. The Bertz CT molecular complexity index is 406. The van der Waals surface area contributed by atoms with Gasteiger partial charge in [-0.15, -0.1) is 0 Å². The molecule has 2 atom stereocenters. The van der Waals surface area contributed by atoms with Crippen LogP contribution in [0.4, 0.5) is 4.79 Å². The van der Waals surface area contributed by atoms with Crippen LogP contribution in [0.3, 0.4) is 0 Å². The van der Waals surface area contributed by atoms with Gasteiger partial charge in [0.1, 0.15) is 5.54 Å². The Morgan fingerprint density at radius 3 is 2.38 bits per heavy atom. The van der Waals surface area contributed by atoms with Crippen LogP contribution >= 0.6 is 0 Å². The second kappa shape index (κ2) is 7.28. The van der Waals surface area contributed by atoms with Crippen molar-refractivity contribution < 1.29 is 29.0 Å². The highest BCUT2D eigenvalue weighted by atomic mass is 16.7. The molecule has 1 rings (SSSR count). The van der Waals surface area contributed by atoms with Crippen LogP contribution < -0.4 is 5.32 Å². The van der Waals surface area contributed by atoms with E-state index in [1.165, 1.54) is 13.8 Å². The first-order valence-electron chi connectivity index (χ1n) is 7.18. The Labute approximate surface area is 124 Å². The van der Waals surface area contributed by atoms with Gasteiger partial charge < -0.3 is 19.9 Å². The van der Waals surface area contributed by atoms with Crippen LogP contribution in [0, 0.1) is 5.92 Å². The summed E-state index contributed by atoms with van der Waals surface area (Å²) in [5.41, 5.74) is -1.38. The Morgan fingerprint density at radius 1 is 1.33 bits per heavy atom. The number of aliphatic carboxylic acids is 1. The molecule has 0 aliphatic heterocycles. The first-order valence-corrected chi connectivity index (χ1v) is 7.18. The van der Waals surface area contributed by atoms with Crippen LogP contribution in [0.5, 0.6) is 0 Å². The molecule has 0 heterocycles. The van der Waals surface area contributed by atoms with Crippen molar-refractivity contribution in [3.05, 3.63) is 0 Å². The summed E-state index contributed by atoms with van der Waals surface area (Å²) in [4.78, 5) is 34.2. The van der Waals surface area contributed by atoms with Gasteiger partial charge in [-0.3, -0.25) is 4.79 Å². The summed E-state index contributed by atoms with van der Waals surface area (Å²) in [6.07, 6.45) is 1.61. The summed E-state index contributed by atoms with van der Waals surface area (Å²) >= 11 is 0. The molecule has 0 aromatic rings. The zero-order valence-corrected chi connectivity index (χ0v) is 12.7. The molecule has 0 unspecified atom stereocenters. The first-order chi connectivity index (χ1) is 9.76. The number of alkyl carbamates (subject to hydrolysis) is 1. The maximum absolute atomic E-state index is 11.7. The molecule has 21 heavy (non-hydrogen) atoms. The number of amides is 1. The molecule has 0 bridgehead atoms. The lowest BCUT2D eigenvalue weighted by Crippen LogP contribution is -2.54. The number of hydrogen-bond acceptors (Lipinski definition) is 5. The Balaban J connectivity index is 2.51. The molecule has 1 aliphatic rings. The van der Waals surface area contributed by atoms with Gasteiger partial charge in [-0.2, -0.15) is 0 Å². The van der Waals surface area contributed by atoms with Crippen molar-refractivity contribution in [1.29, 1.82) is 0 Å². The fraction of sp³-hybridized carbons (Fsp3) is 0.786. The minimum Gasteiger partial charge on any atom is -0.480 e. The summed E-state index contributed by atoms with van der Waals surface area (Å²) in [5, 5.41) is 11.7. The SMILES string of the molecule is CCC(=O)O[C@H](C)OC(=O)N[C@@](C)(CC1CCC1)C(=O)O. The van der Waals surface area contributed by atoms with Crippen molar-refractivity contribution in [2.45, 2.75) is 64.7 Å². The number of esters is 1. The van der Waals surface area contributed by atoms with Crippen molar-refractivity contribution in [2.75, 3.05) is 0 Å². The number of nitrogens with one attached hydrogen (secondary N) is 1. The molecule has 2 N–H and O–H groups in total. The van der Waals surface area contributed by atoms with Crippen molar-refractivity contribution in [3.63, 3.8) is 0 Å². The first kappa shape index (κ1) is 17.3. The van der Waals surface area contributed by atoms with Gasteiger partial charge >= 0.3 is 18.0 Å². The molecule has 1 saturated carbocycles. The molecule has 1 amide bonds. The summed E-state index contributed by atoms with van der Waals surface area (Å²) in [6.45, 7) is 4.48. The van der Waals surface area contributed by atoms with Gasteiger partial charge in [0.2, 0.25) is 6.29 Å². The highest BCUT2D eigenvalue weighted by molar-refractivity contribution is 5.84. The topological polar surface area (TPSA) is 102 Å². The van der Waals surface area contributed by atoms with E-state index in [4.69, 9.17) is 9.47 Å². The Hall–Kier alpha value is -1.79. The second-order valence-electron chi connectivity index (χ2n) is 5.58. The third kappa shape index (κ3) is 5.24. The number of carboxylic acids is 1. The normalized spacial score (nSPS) is 18.8. The van der Waals surface area contributed by atoms with Crippen LogP contribution in [0.25, 0.3) is 0 Å². The number of carboxylic acid groups (broad SMARTS) is 1. The zero-order chi connectivity index (χ0) is 16.0. The predicted molar refractivity (Wildman–Crippen MR) is 73.5 cm³/mol. The molecule has 1 aliphatic carbocycles. The number of rotatable bonds is 7. The van der Waals surface area contributed by atoms with E-state index in [9.17, 15) is 19.5 Å². The molecule has 0 aromatic carbocycles. The lowest BCUT2D eigenvalue weighted by Gasteiger charge is -2.34. The van der Waals surface area contributed by atoms with Crippen LogP contribution in [0.15, 0.2) is 0 Å². The van der Waals surface area contributed by atoms with Gasteiger partial charge in [0.15, 0.2) is 0 Å². The lowest BCUT2D eigenvalue weighted by atomic mass is 9.76. The van der Waals surface area contributed by atoms with E-state index in [0.29, 0.717) is 12.3 Å². The number of carbonyl (C=O) groups excluding carboxylic acids is 2. The van der Waals surface area contributed by atoms with Crippen molar-refractivity contribution >= 4 is 18.0 Å². The highest BCUT2D eigenvalue weighted by Crippen LogP contribution is 2.33. The molecule has 0 radical (unpaired) electrons. The fourth-order valence-electron chi connectivity index (χ4n) is 2.16. The third-order valence-electron chi connectivity index (χ3n) is 3.63. The standard InChI is InChI=1S/C14H23NO6/c1-4-11(16)20-9(2)21-13(19)15-14(3,12(17)18)8-10-6-5-7-10/h9-10H,4-8H2,1-3H3,(H,15,19)(H,17,18)/t9-,14-/m0/s1. The van der Waals surface area contributed by atoms with E-state index in [-0.39, 0.29) is 6.42 Å². The molecule has 7 nitrogen and oxygen atoms in total. The van der Waals surface area contributed by atoms with Crippen LogP contribution in [-0.4, -0.2) is 35.0 Å². The van der Waals surface area contributed by atoms with Crippen LogP contribution in [0.1, 0.15) is 52.9 Å². The molecule has 0 saturated heterocycles. The molecule has 7 heteroatoms. The van der Waals surface area contributed by atoms with Gasteiger partial charge in [0.05, 0.1) is 0 Å². The van der Waals surface area contributed by atoms with E-state index < -0.39 is 29.9 Å². The smallest absolute Gasteiger partial charge is 0.411 e. The molecule has 0 spiro atoms. The summed E-state index contributed by atoms with van der Waals surface area (Å²) in [7, 11) is 0. The van der Waals surface area contributed by atoms with Crippen molar-refractivity contribution in [1.82, 2.24) is 5.32 Å². The van der Waals surface area contributed by atoms with E-state index in [1.54, 1.807) is 6.92 Å². The number of carbonyl (C=O) groups is 3. The minimum absolute atomic E-state index is 0.170. The summed E-state index contributed by atoms with van der Waals surface area (Å²) in [5.74, 6) is -1.29. The van der Waals surface area contributed by atoms with Gasteiger partial charge in [0, 0.05) is 13.3 Å². The van der Waals surface area contributed by atoms with Crippen molar-refractivity contribution in [2.24, 2.45) is 5.92 Å². The fourth-order valence-corrected chi connectivity index (χ4v) is 2.16. The highest BCUT2D eigenvalue weighted by Gasteiger charge is 2.39. The Kier molecular flexibility index (Phi) is 5.99. The zero-order valence-electron chi connectivity index (χ0n) is 12.7. The quantitative estimate of drug-likeness (QED) is 0.551. The van der Waals surface area contributed by atoms with Crippen LogP contribution in [0.2, 0.25) is 0 Å². The lowest BCUT2D eigenvalue weighted by molar-refractivity contribution is -0.165. The minimum atomic E-state index is -1.38. The molecule has 0 aromatic heterocycles. The van der Waals surface area contributed by atoms with Gasteiger partial charge in [0.25, 0.3) is 0 Å². The molecular formula is C14H23NO6. The van der Waals surface area contributed by atoms with E-state index >= 15 is 0 Å². The average Bonchev–Trinajstić information content (AvgIpc) is 2.33. The maximum atomic E-state index is 11.7. The van der Waals surface area contributed by atoms with E-state index in [1.807, 2.05) is 0 Å². The Morgan fingerprint density at radius 2 is 1.95 bits per heavy atom. The molecule has 120 valence electrons. The second-order valence-corrected chi connectivity index (χ2v) is 5.58. The number of ether oxygens (including phenoxy) is 2. The average molecular weight is 301 g/mol. The third-order valence-corrected chi connectivity index (χ3v) is 3.63. The van der Waals surface area contributed by atoms with Crippen molar-refractivity contribution in [3.8, 4) is 0 Å². The molecular weight excluding hydrogens is 278 g/mol. The van der Waals surface area contributed by atoms with Gasteiger partial charge in [-0.1, -0.05) is 26.2 Å². The summed E-state index contributed by atoms with van der Waals surface area (Å²) in [6, 6.07) is 0. The monoisotopic (exact) mass is 301 g/mol. The molecule has 1 fully saturated rings.